The summed E-state index contributed by atoms with van der Waals surface area (Å²) in [5.41, 5.74) is 2.95. The van der Waals surface area contributed by atoms with Crippen molar-refractivity contribution in [1.29, 1.82) is 0 Å². The Hall–Kier alpha value is -2.69. The van der Waals surface area contributed by atoms with Crippen LogP contribution in [0, 0.1) is 13.8 Å². The first kappa shape index (κ1) is 18.6. The minimum Gasteiger partial charge on any atom is -0.492 e. The zero-order valence-corrected chi connectivity index (χ0v) is 15.3. The van der Waals surface area contributed by atoms with Gasteiger partial charge in [-0.1, -0.05) is 18.2 Å². The molecule has 0 spiro atoms. The predicted molar refractivity (Wildman–Crippen MR) is 101 cm³/mol. The summed E-state index contributed by atoms with van der Waals surface area (Å²) < 4.78 is 11.4. The maximum absolute atomic E-state index is 12.0. The first-order valence-corrected chi connectivity index (χ1v) is 8.45. The number of hydrogen-bond donors (Lipinski definition) is 2. The van der Waals surface area contributed by atoms with E-state index >= 15 is 0 Å². The summed E-state index contributed by atoms with van der Waals surface area (Å²) in [7, 11) is 0. The second kappa shape index (κ2) is 8.97. The Labute approximate surface area is 149 Å². The Bertz CT molecular complexity index is 694. The summed E-state index contributed by atoms with van der Waals surface area (Å²) in [6.07, 6.45) is 0.0391. The van der Waals surface area contributed by atoms with E-state index in [2.05, 4.69) is 16.7 Å². The highest BCUT2D eigenvalue weighted by Gasteiger charge is 2.08. The van der Waals surface area contributed by atoms with Gasteiger partial charge in [-0.3, -0.25) is 0 Å². The summed E-state index contributed by atoms with van der Waals surface area (Å²) in [5.74, 6) is 1.47. The molecule has 0 fully saturated rings. The van der Waals surface area contributed by atoms with Crippen LogP contribution in [0.3, 0.4) is 0 Å². The molecule has 2 rings (SSSR count). The van der Waals surface area contributed by atoms with Crippen LogP contribution in [0.1, 0.15) is 25.0 Å². The van der Waals surface area contributed by atoms with E-state index < -0.39 is 0 Å². The fourth-order valence-corrected chi connectivity index (χ4v) is 2.44. The Morgan fingerprint density at radius 2 is 1.76 bits per heavy atom. The summed E-state index contributed by atoms with van der Waals surface area (Å²) >= 11 is 0. The standard InChI is InChI=1S/C20H26N2O3/c1-14(2)25-19-8-6-5-7-18(19)22-20(23)21-9-10-24-17-12-15(3)11-16(4)13-17/h5-8,11-14H,9-10H2,1-4H3,(H2,21,22,23). The molecule has 0 radical (unpaired) electrons. The van der Waals surface area contributed by atoms with E-state index in [1.54, 1.807) is 0 Å². The maximum atomic E-state index is 12.0. The molecule has 2 amide bonds. The minimum absolute atomic E-state index is 0.0391. The molecule has 5 nitrogen and oxygen atoms in total. The van der Waals surface area contributed by atoms with Crippen LogP contribution in [-0.4, -0.2) is 25.3 Å². The van der Waals surface area contributed by atoms with E-state index in [0.29, 0.717) is 24.6 Å². The summed E-state index contributed by atoms with van der Waals surface area (Å²) in [6, 6.07) is 13.1. The number of ether oxygens (including phenoxy) is 2. The first-order chi connectivity index (χ1) is 11.9. The highest BCUT2D eigenvalue weighted by atomic mass is 16.5. The van der Waals surface area contributed by atoms with Gasteiger partial charge in [-0.2, -0.15) is 0 Å². The Morgan fingerprint density at radius 3 is 2.44 bits per heavy atom. The fraction of sp³-hybridized carbons (Fsp3) is 0.350. The summed E-state index contributed by atoms with van der Waals surface area (Å²) in [5, 5.41) is 5.58. The Morgan fingerprint density at radius 1 is 1.08 bits per heavy atom. The highest BCUT2D eigenvalue weighted by molar-refractivity contribution is 5.90. The zero-order chi connectivity index (χ0) is 18.2. The number of urea groups is 1. The topological polar surface area (TPSA) is 59.6 Å². The molecule has 2 aromatic rings. The molecule has 0 bridgehead atoms. The number of rotatable bonds is 7. The van der Waals surface area contributed by atoms with Gasteiger partial charge in [0.25, 0.3) is 0 Å². The Balaban J connectivity index is 1.79. The molecule has 0 aliphatic rings. The van der Waals surface area contributed by atoms with Gasteiger partial charge in [-0.25, -0.2) is 4.79 Å². The number of carbonyl (C=O) groups excluding carboxylic acids is 1. The number of amides is 2. The molecule has 2 aromatic carbocycles. The molecule has 0 aromatic heterocycles. The molecule has 0 heterocycles. The van der Waals surface area contributed by atoms with E-state index in [1.165, 1.54) is 0 Å². The highest BCUT2D eigenvalue weighted by Crippen LogP contribution is 2.24. The quantitative estimate of drug-likeness (QED) is 0.738. The average molecular weight is 342 g/mol. The van der Waals surface area contributed by atoms with Crippen molar-refractivity contribution in [3.63, 3.8) is 0 Å². The fourth-order valence-electron chi connectivity index (χ4n) is 2.44. The van der Waals surface area contributed by atoms with Crippen LogP contribution < -0.4 is 20.1 Å². The number of hydrogen-bond acceptors (Lipinski definition) is 3. The maximum Gasteiger partial charge on any atom is 0.319 e. The molecule has 0 aliphatic heterocycles. The van der Waals surface area contributed by atoms with Gasteiger partial charge in [0.2, 0.25) is 0 Å². The zero-order valence-electron chi connectivity index (χ0n) is 15.3. The van der Waals surface area contributed by atoms with Gasteiger partial charge < -0.3 is 20.1 Å². The smallest absolute Gasteiger partial charge is 0.319 e. The number of aryl methyl sites for hydroxylation is 2. The molecule has 0 aliphatic carbocycles. The van der Waals surface area contributed by atoms with Crippen molar-refractivity contribution in [3.8, 4) is 11.5 Å². The molecule has 0 unspecified atom stereocenters. The van der Waals surface area contributed by atoms with Crippen molar-refractivity contribution in [2.45, 2.75) is 33.8 Å². The molecule has 134 valence electrons. The van der Waals surface area contributed by atoms with Crippen molar-refractivity contribution in [2.24, 2.45) is 0 Å². The van der Waals surface area contributed by atoms with Crippen molar-refractivity contribution in [2.75, 3.05) is 18.5 Å². The summed E-state index contributed by atoms with van der Waals surface area (Å²) in [4.78, 5) is 12.0. The molecular formula is C20H26N2O3. The third-order valence-electron chi connectivity index (χ3n) is 3.35. The van der Waals surface area contributed by atoms with Crippen LogP contribution >= 0.6 is 0 Å². The van der Waals surface area contributed by atoms with Crippen molar-refractivity contribution >= 4 is 11.7 Å². The lowest BCUT2D eigenvalue weighted by molar-refractivity contribution is 0.240. The van der Waals surface area contributed by atoms with Gasteiger partial charge in [0.15, 0.2) is 0 Å². The van der Waals surface area contributed by atoms with Crippen LogP contribution in [0.4, 0.5) is 10.5 Å². The summed E-state index contributed by atoms with van der Waals surface area (Å²) in [6.45, 7) is 8.76. The SMILES string of the molecule is Cc1cc(C)cc(OCCNC(=O)Nc2ccccc2OC(C)C)c1. The van der Waals surface area contributed by atoms with Crippen LogP contribution in [-0.2, 0) is 0 Å². The van der Waals surface area contributed by atoms with Crippen molar-refractivity contribution in [1.82, 2.24) is 5.32 Å². The molecule has 2 N–H and O–H groups in total. The molecule has 0 saturated carbocycles. The van der Waals surface area contributed by atoms with Crippen molar-refractivity contribution < 1.29 is 14.3 Å². The Kier molecular flexibility index (Phi) is 6.69. The monoisotopic (exact) mass is 342 g/mol. The van der Waals surface area contributed by atoms with Crippen LogP contribution in [0.15, 0.2) is 42.5 Å². The second-order valence-electron chi connectivity index (χ2n) is 6.22. The average Bonchev–Trinajstić information content (AvgIpc) is 2.52. The van der Waals surface area contributed by atoms with Crippen molar-refractivity contribution in [3.05, 3.63) is 53.6 Å². The number of benzene rings is 2. The van der Waals surface area contributed by atoms with Crippen LogP contribution in [0.5, 0.6) is 11.5 Å². The largest absolute Gasteiger partial charge is 0.492 e. The molecule has 25 heavy (non-hydrogen) atoms. The van der Waals surface area contributed by atoms with Crippen LogP contribution in [0.25, 0.3) is 0 Å². The lowest BCUT2D eigenvalue weighted by atomic mass is 10.1. The van der Waals surface area contributed by atoms with E-state index in [-0.39, 0.29) is 12.1 Å². The van der Waals surface area contributed by atoms with E-state index in [1.807, 2.05) is 64.1 Å². The van der Waals surface area contributed by atoms with Gasteiger partial charge in [0, 0.05) is 0 Å². The normalized spacial score (nSPS) is 10.4. The number of nitrogens with one attached hydrogen (secondary N) is 2. The van der Waals surface area contributed by atoms with Crippen LogP contribution in [0.2, 0.25) is 0 Å². The van der Waals surface area contributed by atoms with Gasteiger partial charge in [0.05, 0.1) is 18.3 Å². The van der Waals surface area contributed by atoms with Gasteiger partial charge >= 0.3 is 6.03 Å². The van der Waals surface area contributed by atoms with E-state index in [4.69, 9.17) is 9.47 Å². The predicted octanol–water partition coefficient (Wildman–Crippen LogP) is 4.29. The third kappa shape index (κ3) is 6.37. The number of para-hydroxylation sites is 2. The van der Waals surface area contributed by atoms with Gasteiger partial charge in [-0.15, -0.1) is 0 Å². The second-order valence-corrected chi connectivity index (χ2v) is 6.22. The lowest BCUT2D eigenvalue weighted by Gasteiger charge is -2.15. The third-order valence-corrected chi connectivity index (χ3v) is 3.35. The molecule has 0 atom stereocenters. The van der Waals surface area contributed by atoms with E-state index in [9.17, 15) is 4.79 Å². The molecule has 5 heteroatoms. The number of carbonyl (C=O) groups is 1. The molecule has 0 saturated heterocycles. The number of anilines is 1. The lowest BCUT2D eigenvalue weighted by Crippen LogP contribution is -2.32. The van der Waals surface area contributed by atoms with Gasteiger partial charge in [-0.05, 0) is 63.1 Å². The van der Waals surface area contributed by atoms with E-state index in [0.717, 1.165) is 16.9 Å². The van der Waals surface area contributed by atoms with Gasteiger partial charge in [0.1, 0.15) is 18.1 Å². The first-order valence-electron chi connectivity index (χ1n) is 8.45. The molecular weight excluding hydrogens is 316 g/mol. The minimum atomic E-state index is -0.288.